The number of aromatic nitrogens is 1. The highest BCUT2D eigenvalue weighted by Gasteiger charge is 2.17. The summed E-state index contributed by atoms with van der Waals surface area (Å²) in [6.07, 6.45) is 2.22. The van der Waals surface area contributed by atoms with Crippen LogP contribution in [0.4, 0.5) is 5.00 Å². The van der Waals surface area contributed by atoms with Crippen molar-refractivity contribution in [3.8, 4) is 0 Å². The highest BCUT2D eigenvalue weighted by atomic mass is 32.1. The summed E-state index contributed by atoms with van der Waals surface area (Å²) in [7, 11) is 0. The van der Waals surface area contributed by atoms with Gasteiger partial charge in [0.05, 0.1) is 12.1 Å². The molecular weight excluding hydrogens is 228 g/mol. The number of carboxylic acids is 1. The van der Waals surface area contributed by atoms with Crippen molar-refractivity contribution >= 4 is 22.3 Å². The molecule has 1 aliphatic rings. The zero-order valence-corrected chi connectivity index (χ0v) is 9.63. The van der Waals surface area contributed by atoms with E-state index in [4.69, 9.17) is 9.84 Å². The maximum absolute atomic E-state index is 10.8. The van der Waals surface area contributed by atoms with Crippen LogP contribution in [0.15, 0.2) is 5.51 Å². The van der Waals surface area contributed by atoms with Gasteiger partial charge in [-0.1, -0.05) is 0 Å². The SMILES string of the molecule is O=C(O)c1ncsc1NCC1CCCOC1. The van der Waals surface area contributed by atoms with E-state index in [0.29, 0.717) is 10.9 Å². The molecule has 0 radical (unpaired) electrons. The minimum atomic E-state index is -0.983. The van der Waals surface area contributed by atoms with E-state index in [2.05, 4.69) is 10.3 Å². The Morgan fingerprint density at radius 1 is 1.75 bits per heavy atom. The maximum Gasteiger partial charge on any atom is 0.357 e. The van der Waals surface area contributed by atoms with Crippen molar-refractivity contribution < 1.29 is 14.6 Å². The molecule has 0 aromatic carbocycles. The Labute approximate surface area is 97.5 Å². The molecule has 1 saturated heterocycles. The summed E-state index contributed by atoms with van der Waals surface area (Å²) < 4.78 is 5.36. The Hall–Kier alpha value is -1.14. The van der Waals surface area contributed by atoms with E-state index < -0.39 is 5.97 Å². The van der Waals surface area contributed by atoms with Gasteiger partial charge in [-0.3, -0.25) is 0 Å². The molecule has 1 aliphatic heterocycles. The van der Waals surface area contributed by atoms with Crippen LogP contribution in [-0.2, 0) is 4.74 Å². The molecule has 2 rings (SSSR count). The van der Waals surface area contributed by atoms with E-state index in [1.54, 1.807) is 5.51 Å². The predicted octanol–water partition coefficient (Wildman–Crippen LogP) is 1.68. The lowest BCUT2D eigenvalue weighted by molar-refractivity contribution is 0.0595. The minimum absolute atomic E-state index is 0.113. The van der Waals surface area contributed by atoms with Crippen molar-refractivity contribution in [3.63, 3.8) is 0 Å². The van der Waals surface area contributed by atoms with Crippen molar-refractivity contribution in [3.05, 3.63) is 11.2 Å². The van der Waals surface area contributed by atoms with Gasteiger partial charge in [-0.05, 0) is 18.8 Å². The first kappa shape index (κ1) is 11.3. The van der Waals surface area contributed by atoms with Gasteiger partial charge >= 0.3 is 5.97 Å². The third-order valence-electron chi connectivity index (χ3n) is 2.58. The number of thiazole rings is 1. The van der Waals surface area contributed by atoms with E-state index in [0.717, 1.165) is 32.6 Å². The Balaban J connectivity index is 1.88. The standard InChI is InChI=1S/C10H14N2O3S/c13-10(14)8-9(16-6-12-8)11-4-7-2-1-3-15-5-7/h6-7,11H,1-5H2,(H,13,14). The lowest BCUT2D eigenvalue weighted by Crippen LogP contribution is -2.24. The largest absolute Gasteiger partial charge is 0.476 e. The highest BCUT2D eigenvalue weighted by Crippen LogP contribution is 2.21. The number of aromatic carboxylic acids is 1. The van der Waals surface area contributed by atoms with Crippen LogP contribution in [-0.4, -0.2) is 35.8 Å². The van der Waals surface area contributed by atoms with Crippen molar-refractivity contribution in [2.24, 2.45) is 5.92 Å². The van der Waals surface area contributed by atoms with E-state index in [9.17, 15) is 4.79 Å². The highest BCUT2D eigenvalue weighted by molar-refractivity contribution is 7.14. The third-order valence-corrected chi connectivity index (χ3v) is 3.36. The molecular formula is C10H14N2O3S. The Kier molecular flexibility index (Phi) is 3.74. The summed E-state index contributed by atoms with van der Waals surface area (Å²) in [5.74, 6) is -0.513. The quantitative estimate of drug-likeness (QED) is 0.840. The number of hydrogen-bond acceptors (Lipinski definition) is 5. The first-order chi connectivity index (χ1) is 7.77. The van der Waals surface area contributed by atoms with Crippen LogP contribution in [0.2, 0.25) is 0 Å². The summed E-state index contributed by atoms with van der Waals surface area (Å²) >= 11 is 1.32. The van der Waals surface area contributed by atoms with Gasteiger partial charge in [0, 0.05) is 13.2 Å². The van der Waals surface area contributed by atoms with Gasteiger partial charge in [0.15, 0.2) is 5.69 Å². The van der Waals surface area contributed by atoms with Crippen LogP contribution >= 0.6 is 11.3 Å². The Bertz CT molecular complexity index is 361. The summed E-state index contributed by atoms with van der Waals surface area (Å²) in [4.78, 5) is 14.6. The number of nitrogens with one attached hydrogen (secondary N) is 1. The normalized spacial score (nSPS) is 20.6. The first-order valence-electron chi connectivity index (χ1n) is 5.26. The van der Waals surface area contributed by atoms with E-state index in [1.165, 1.54) is 11.3 Å². The molecule has 5 nitrogen and oxygen atoms in total. The Morgan fingerprint density at radius 3 is 3.31 bits per heavy atom. The zero-order valence-electron chi connectivity index (χ0n) is 8.81. The second-order valence-electron chi connectivity index (χ2n) is 3.80. The number of nitrogens with zero attached hydrogens (tertiary/aromatic N) is 1. The van der Waals surface area contributed by atoms with Crippen molar-refractivity contribution in [1.29, 1.82) is 0 Å². The summed E-state index contributed by atoms with van der Waals surface area (Å²) in [6.45, 7) is 2.36. The maximum atomic E-state index is 10.8. The second-order valence-corrected chi connectivity index (χ2v) is 4.65. The molecule has 0 bridgehead atoms. The number of carboxylic acid groups (broad SMARTS) is 1. The second kappa shape index (κ2) is 5.27. The van der Waals surface area contributed by atoms with Gasteiger partial charge < -0.3 is 15.2 Å². The minimum Gasteiger partial charge on any atom is -0.476 e. The van der Waals surface area contributed by atoms with Gasteiger partial charge in [-0.15, -0.1) is 11.3 Å². The molecule has 0 spiro atoms. The van der Waals surface area contributed by atoms with Crippen LogP contribution in [0.3, 0.4) is 0 Å². The number of hydrogen-bond donors (Lipinski definition) is 2. The van der Waals surface area contributed by atoms with E-state index in [1.807, 2.05) is 0 Å². The van der Waals surface area contributed by atoms with E-state index >= 15 is 0 Å². The molecule has 2 heterocycles. The van der Waals surface area contributed by atoms with Crippen LogP contribution in [0, 0.1) is 5.92 Å². The predicted molar refractivity (Wildman–Crippen MR) is 61.1 cm³/mol. The fourth-order valence-corrected chi connectivity index (χ4v) is 2.41. The molecule has 6 heteroatoms. The van der Waals surface area contributed by atoms with Crippen molar-refractivity contribution in [1.82, 2.24) is 4.98 Å². The molecule has 2 N–H and O–H groups in total. The number of ether oxygens (including phenoxy) is 1. The molecule has 1 unspecified atom stereocenters. The zero-order chi connectivity index (χ0) is 11.4. The molecule has 1 aromatic heterocycles. The Morgan fingerprint density at radius 2 is 2.62 bits per heavy atom. The fraction of sp³-hybridized carbons (Fsp3) is 0.600. The van der Waals surface area contributed by atoms with E-state index in [-0.39, 0.29) is 5.69 Å². The van der Waals surface area contributed by atoms with Gasteiger partial charge in [0.1, 0.15) is 5.00 Å². The van der Waals surface area contributed by atoms with Gasteiger partial charge in [-0.25, -0.2) is 9.78 Å². The number of anilines is 1. The van der Waals surface area contributed by atoms with Crippen LogP contribution < -0.4 is 5.32 Å². The lowest BCUT2D eigenvalue weighted by atomic mass is 10.0. The molecule has 1 aromatic rings. The van der Waals surface area contributed by atoms with Crippen LogP contribution in [0.1, 0.15) is 23.3 Å². The number of rotatable bonds is 4. The molecule has 0 amide bonds. The van der Waals surface area contributed by atoms with Crippen LogP contribution in [0.5, 0.6) is 0 Å². The fourth-order valence-electron chi connectivity index (χ4n) is 1.73. The summed E-state index contributed by atoms with van der Waals surface area (Å²) in [5, 5.41) is 12.6. The topological polar surface area (TPSA) is 71.5 Å². The number of carbonyl (C=O) groups is 1. The monoisotopic (exact) mass is 242 g/mol. The molecule has 1 fully saturated rings. The molecule has 0 saturated carbocycles. The lowest BCUT2D eigenvalue weighted by Gasteiger charge is -2.22. The average Bonchev–Trinajstić information content (AvgIpc) is 2.76. The molecule has 0 aliphatic carbocycles. The molecule has 1 atom stereocenters. The summed E-state index contributed by atoms with van der Waals surface area (Å²) in [5.41, 5.74) is 1.66. The van der Waals surface area contributed by atoms with Crippen molar-refractivity contribution in [2.75, 3.05) is 25.1 Å². The smallest absolute Gasteiger partial charge is 0.357 e. The van der Waals surface area contributed by atoms with Gasteiger partial charge in [0.25, 0.3) is 0 Å². The molecule has 88 valence electrons. The van der Waals surface area contributed by atoms with Gasteiger partial charge in [0.2, 0.25) is 0 Å². The molecule has 16 heavy (non-hydrogen) atoms. The summed E-state index contributed by atoms with van der Waals surface area (Å²) in [6, 6.07) is 0. The van der Waals surface area contributed by atoms with Gasteiger partial charge in [-0.2, -0.15) is 0 Å². The van der Waals surface area contributed by atoms with Crippen molar-refractivity contribution in [2.45, 2.75) is 12.8 Å². The van der Waals surface area contributed by atoms with Crippen LogP contribution in [0.25, 0.3) is 0 Å². The first-order valence-corrected chi connectivity index (χ1v) is 6.13. The third kappa shape index (κ3) is 2.70. The average molecular weight is 242 g/mol.